The van der Waals surface area contributed by atoms with Gasteiger partial charge in [-0.25, -0.2) is 4.39 Å². The highest BCUT2D eigenvalue weighted by Gasteiger charge is 2.12. The van der Waals surface area contributed by atoms with Gasteiger partial charge in [-0.2, -0.15) is 4.39 Å². The summed E-state index contributed by atoms with van der Waals surface area (Å²) in [7, 11) is 0. The molecule has 2 nitrogen and oxygen atoms in total. The Hall–Kier alpha value is -1.46. The molecule has 100 valence electrons. The summed E-state index contributed by atoms with van der Waals surface area (Å²) in [6, 6.07) is 9.22. The highest BCUT2D eigenvalue weighted by atomic mass is 79.9. The van der Waals surface area contributed by atoms with Crippen LogP contribution in [0.3, 0.4) is 0 Å². The fourth-order valence-corrected chi connectivity index (χ4v) is 1.98. The Morgan fingerprint density at radius 1 is 1.16 bits per heavy atom. The smallest absolute Gasteiger partial charge is 0.201 e. The first-order chi connectivity index (χ1) is 8.97. The van der Waals surface area contributed by atoms with Crippen molar-refractivity contribution in [2.45, 2.75) is 13.0 Å². The summed E-state index contributed by atoms with van der Waals surface area (Å²) in [5.41, 5.74) is 6.66. The zero-order chi connectivity index (χ0) is 14.0. The normalized spacial score (nSPS) is 12.3. The van der Waals surface area contributed by atoms with Crippen LogP contribution in [-0.4, -0.2) is 0 Å². The lowest BCUT2D eigenvalue weighted by Crippen LogP contribution is -2.04. The number of benzene rings is 2. The van der Waals surface area contributed by atoms with Gasteiger partial charge in [0.25, 0.3) is 0 Å². The molecule has 0 fully saturated rings. The van der Waals surface area contributed by atoms with E-state index in [1.54, 1.807) is 24.3 Å². The molecule has 0 aromatic heterocycles. The molecule has 0 radical (unpaired) electrons. The molecule has 0 heterocycles. The van der Waals surface area contributed by atoms with E-state index in [-0.39, 0.29) is 11.8 Å². The van der Waals surface area contributed by atoms with Crippen molar-refractivity contribution in [3.8, 4) is 11.5 Å². The molecule has 0 unspecified atom stereocenters. The van der Waals surface area contributed by atoms with Gasteiger partial charge in [0.2, 0.25) is 5.82 Å². The summed E-state index contributed by atoms with van der Waals surface area (Å²) in [6.07, 6.45) is 0. The van der Waals surface area contributed by atoms with Crippen molar-refractivity contribution in [3.63, 3.8) is 0 Å². The summed E-state index contributed by atoms with van der Waals surface area (Å²) in [5.74, 6) is -1.72. The van der Waals surface area contributed by atoms with Crippen molar-refractivity contribution < 1.29 is 13.5 Å². The molecule has 2 N–H and O–H groups in total. The number of ether oxygens (including phenoxy) is 1. The molecule has 0 spiro atoms. The zero-order valence-corrected chi connectivity index (χ0v) is 11.7. The molecule has 1 atom stereocenters. The van der Waals surface area contributed by atoms with Gasteiger partial charge in [-0.1, -0.05) is 28.1 Å². The number of nitrogens with two attached hydrogens (primary N) is 1. The lowest BCUT2D eigenvalue weighted by Gasteiger charge is -2.10. The predicted molar refractivity (Wildman–Crippen MR) is 73.2 cm³/mol. The average molecular weight is 328 g/mol. The fraction of sp³-hybridized carbons (Fsp3) is 0.143. The number of hydrogen-bond acceptors (Lipinski definition) is 2. The van der Waals surface area contributed by atoms with Crippen LogP contribution in [0.25, 0.3) is 0 Å². The second-order valence-electron chi connectivity index (χ2n) is 4.16. The van der Waals surface area contributed by atoms with Crippen LogP contribution in [0.1, 0.15) is 18.5 Å². The Morgan fingerprint density at radius 3 is 2.37 bits per heavy atom. The van der Waals surface area contributed by atoms with Gasteiger partial charge in [-0.05, 0) is 36.8 Å². The summed E-state index contributed by atoms with van der Waals surface area (Å²) < 4.78 is 32.5. The van der Waals surface area contributed by atoms with Gasteiger partial charge in [0.15, 0.2) is 11.6 Å². The lowest BCUT2D eigenvalue weighted by molar-refractivity contribution is 0.415. The predicted octanol–water partition coefficient (Wildman–Crippen LogP) is 4.54. The van der Waals surface area contributed by atoms with Crippen LogP contribution in [0.2, 0.25) is 0 Å². The lowest BCUT2D eigenvalue weighted by atomic mass is 10.1. The van der Waals surface area contributed by atoms with Crippen LogP contribution in [0.4, 0.5) is 8.78 Å². The molecule has 0 aliphatic heterocycles. The summed E-state index contributed by atoms with van der Waals surface area (Å²) >= 11 is 3.09. The molecular weight excluding hydrogens is 316 g/mol. The molecule has 0 bridgehead atoms. The minimum Gasteiger partial charge on any atom is -0.454 e. The highest BCUT2D eigenvalue weighted by molar-refractivity contribution is 9.10. The second kappa shape index (κ2) is 5.67. The van der Waals surface area contributed by atoms with E-state index < -0.39 is 11.6 Å². The molecular formula is C14H12BrF2NO. The van der Waals surface area contributed by atoms with E-state index in [1.165, 1.54) is 6.07 Å². The molecule has 0 saturated carbocycles. The van der Waals surface area contributed by atoms with Gasteiger partial charge < -0.3 is 10.5 Å². The summed E-state index contributed by atoms with van der Waals surface area (Å²) in [5, 5.41) is 0. The van der Waals surface area contributed by atoms with E-state index in [1.807, 2.05) is 6.92 Å². The highest BCUT2D eigenvalue weighted by Crippen LogP contribution is 2.30. The Kier molecular flexibility index (Phi) is 4.17. The van der Waals surface area contributed by atoms with Crippen LogP contribution in [0.5, 0.6) is 11.5 Å². The van der Waals surface area contributed by atoms with E-state index in [0.717, 1.165) is 11.6 Å². The maximum atomic E-state index is 13.5. The second-order valence-corrected chi connectivity index (χ2v) is 5.08. The number of hydrogen-bond donors (Lipinski definition) is 1. The van der Waals surface area contributed by atoms with Gasteiger partial charge in [0.1, 0.15) is 5.75 Å². The monoisotopic (exact) mass is 327 g/mol. The Morgan fingerprint density at radius 2 is 1.79 bits per heavy atom. The number of halogens is 3. The Balaban J connectivity index is 2.26. The minimum absolute atomic E-state index is 0.0888. The number of rotatable bonds is 3. The zero-order valence-electron chi connectivity index (χ0n) is 10.2. The van der Waals surface area contributed by atoms with Crippen molar-refractivity contribution in [1.29, 1.82) is 0 Å². The van der Waals surface area contributed by atoms with Gasteiger partial charge >= 0.3 is 0 Å². The molecule has 2 aromatic carbocycles. The molecule has 2 aromatic rings. The van der Waals surface area contributed by atoms with E-state index in [4.69, 9.17) is 10.5 Å². The van der Waals surface area contributed by atoms with Crippen LogP contribution in [0.15, 0.2) is 40.9 Å². The largest absolute Gasteiger partial charge is 0.454 e. The molecule has 0 saturated heterocycles. The molecule has 0 aliphatic rings. The molecule has 0 aliphatic carbocycles. The standard InChI is InChI=1S/C14H12BrF2NO/c1-8(18)9-2-4-11(5-3-9)19-13-7-10(15)6-12(16)14(13)17/h2-8H,18H2,1H3/t8-/m1/s1. The van der Waals surface area contributed by atoms with Crippen molar-refractivity contribution in [1.82, 2.24) is 0 Å². The SMILES string of the molecule is C[C@@H](N)c1ccc(Oc2cc(Br)cc(F)c2F)cc1. The summed E-state index contributed by atoms with van der Waals surface area (Å²) in [4.78, 5) is 0. The first-order valence-corrected chi connectivity index (χ1v) is 6.44. The van der Waals surface area contributed by atoms with Crippen molar-refractivity contribution in [2.75, 3.05) is 0 Å². The summed E-state index contributed by atoms with van der Waals surface area (Å²) in [6.45, 7) is 1.86. The van der Waals surface area contributed by atoms with Gasteiger partial charge in [-0.3, -0.25) is 0 Å². The van der Waals surface area contributed by atoms with Crippen molar-refractivity contribution >= 4 is 15.9 Å². The molecule has 2 rings (SSSR count). The first-order valence-electron chi connectivity index (χ1n) is 5.65. The Bertz CT molecular complexity index is 585. The minimum atomic E-state index is -1.01. The van der Waals surface area contributed by atoms with Crippen LogP contribution >= 0.6 is 15.9 Å². The van der Waals surface area contributed by atoms with E-state index in [9.17, 15) is 8.78 Å². The Labute approximate surface area is 118 Å². The van der Waals surface area contributed by atoms with E-state index in [2.05, 4.69) is 15.9 Å². The third-order valence-electron chi connectivity index (χ3n) is 2.59. The van der Waals surface area contributed by atoms with Crippen LogP contribution in [-0.2, 0) is 0 Å². The van der Waals surface area contributed by atoms with E-state index in [0.29, 0.717) is 10.2 Å². The van der Waals surface area contributed by atoms with Crippen LogP contribution in [0, 0.1) is 11.6 Å². The molecule has 5 heteroatoms. The van der Waals surface area contributed by atoms with Gasteiger partial charge in [-0.15, -0.1) is 0 Å². The first kappa shape index (κ1) is 14.0. The topological polar surface area (TPSA) is 35.2 Å². The molecule has 0 amide bonds. The third kappa shape index (κ3) is 3.30. The van der Waals surface area contributed by atoms with E-state index >= 15 is 0 Å². The van der Waals surface area contributed by atoms with Gasteiger partial charge in [0.05, 0.1) is 0 Å². The molecule has 19 heavy (non-hydrogen) atoms. The van der Waals surface area contributed by atoms with Crippen LogP contribution < -0.4 is 10.5 Å². The maximum absolute atomic E-state index is 13.5. The maximum Gasteiger partial charge on any atom is 0.201 e. The van der Waals surface area contributed by atoms with Crippen molar-refractivity contribution in [2.24, 2.45) is 5.73 Å². The van der Waals surface area contributed by atoms with Crippen molar-refractivity contribution in [3.05, 3.63) is 58.1 Å². The average Bonchev–Trinajstić information content (AvgIpc) is 2.36. The fourth-order valence-electron chi connectivity index (χ4n) is 1.57. The quantitative estimate of drug-likeness (QED) is 0.840. The third-order valence-corrected chi connectivity index (χ3v) is 3.05. The van der Waals surface area contributed by atoms with Gasteiger partial charge in [0, 0.05) is 10.5 Å².